The number of carbonyl (C=O) groups excluding carboxylic acids is 1. The molecule has 0 fully saturated rings. The van der Waals surface area contributed by atoms with Gasteiger partial charge in [0, 0.05) is 24.6 Å². The maximum atomic E-state index is 11.4. The van der Waals surface area contributed by atoms with Crippen molar-refractivity contribution in [2.45, 2.75) is 6.42 Å². The first kappa shape index (κ1) is 16.2. The number of carboxylic acids is 1. The molecule has 0 spiro atoms. The zero-order valence-electron chi connectivity index (χ0n) is 11.3. The topological polar surface area (TPSA) is 66.8 Å². The molecule has 1 rings (SSSR count). The first-order chi connectivity index (χ1) is 9.40. The van der Waals surface area contributed by atoms with Gasteiger partial charge in [-0.1, -0.05) is 15.9 Å². The Hall–Kier alpha value is -1.82. The van der Waals surface area contributed by atoms with Crippen molar-refractivity contribution >= 4 is 33.9 Å². The molecule has 1 N–H and O–H groups in total. The number of carbonyl (C=O) groups is 2. The first-order valence-corrected chi connectivity index (χ1v) is 6.73. The summed E-state index contributed by atoms with van der Waals surface area (Å²) in [5.74, 6) is -0.433. The van der Waals surface area contributed by atoms with Gasteiger partial charge in [0.2, 0.25) is 5.91 Å². The van der Waals surface area contributed by atoms with Crippen LogP contribution in [0, 0.1) is 0 Å². The third-order valence-corrected chi connectivity index (χ3v) is 3.18. The minimum Gasteiger partial charge on any atom is -0.493 e. The van der Waals surface area contributed by atoms with E-state index in [9.17, 15) is 9.59 Å². The number of amides is 1. The van der Waals surface area contributed by atoms with Crippen LogP contribution < -0.4 is 4.74 Å². The molecule has 6 heteroatoms. The molecule has 0 atom stereocenters. The standard InChI is InChI=1S/C14H16BrNO4/c1-16(2)13(17)7-8-20-11-4-5-12(15)10(9-11)3-6-14(18)19/h3-6,9H,7-8H2,1-2H3,(H,18,19)/b6-3+. The summed E-state index contributed by atoms with van der Waals surface area (Å²) in [6, 6.07) is 5.23. The number of benzene rings is 1. The normalized spacial score (nSPS) is 10.6. The molecule has 5 nitrogen and oxygen atoms in total. The predicted molar refractivity (Wildman–Crippen MR) is 79.6 cm³/mol. The molecule has 0 radical (unpaired) electrons. The molecule has 0 unspecified atom stereocenters. The minimum absolute atomic E-state index is 0.00638. The number of aliphatic carboxylic acids is 1. The van der Waals surface area contributed by atoms with Gasteiger partial charge in [-0.15, -0.1) is 0 Å². The van der Waals surface area contributed by atoms with Gasteiger partial charge in [-0.2, -0.15) is 0 Å². The number of halogens is 1. The molecule has 108 valence electrons. The average molecular weight is 342 g/mol. The Morgan fingerprint density at radius 2 is 2.10 bits per heavy atom. The van der Waals surface area contributed by atoms with Gasteiger partial charge >= 0.3 is 5.97 Å². The largest absolute Gasteiger partial charge is 0.493 e. The van der Waals surface area contributed by atoms with Gasteiger partial charge in [0.1, 0.15) is 5.75 Å². The lowest BCUT2D eigenvalue weighted by Crippen LogP contribution is -2.23. The first-order valence-electron chi connectivity index (χ1n) is 5.93. The Kier molecular flexibility index (Phi) is 6.24. The molecule has 0 saturated carbocycles. The Morgan fingerprint density at radius 3 is 2.70 bits per heavy atom. The molecule has 0 bridgehead atoms. The monoisotopic (exact) mass is 341 g/mol. The summed E-state index contributed by atoms with van der Waals surface area (Å²) in [5.41, 5.74) is 0.698. The molecular weight excluding hydrogens is 326 g/mol. The van der Waals surface area contributed by atoms with Gasteiger partial charge in [-0.25, -0.2) is 4.79 Å². The van der Waals surface area contributed by atoms with Crippen molar-refractivity contribution in [2.24, 2.45) is 0 Å². The van der Waals surface area contributed by atoms with Crippen molar-refractivity contribution in [3.63, 3.8) is 0 Å². The van der Waals surface area contributed by atoms with Crippen LogP contribution in [0.25, 0.3) is 6.08 Å². The number of rotatable bonds is 6. The highest BCUT2D eigenvalue weighted by atomic mass is 79.9. The molecule has 1 aromatic carbocycles. The highest BCUT2D eigenvalue weighted by Crippen LogP contribution is 2.24. The fourth-order valence-electron chi connectivity index (χ4n) is 1.38. The van der Waals surface area contributed by atoms with E-state index in [0.717, 1.165) is 10.5 Å². The Balaban J connectivity index is 2.66. The second-order valence-electron chi connectivity index (χ2n) is 4.24. The summed E-state index contributed by atoms with van der Waals surface area (Å²) < 4.78 is 6.25. The van der Waals surface area contributed by atoms with Crippen molar-refractivity contribution < 1.29 is 19.4 Å². The van der Waals surface area contributed by atoms with E-state index in [2.05, 4.69) is 15.9 Å². The molecular formula is C14H16BrNO4. The Morgan fingerprint density at radius 1 is 1.40 bits per heavy atom. The summed E-state index contributed by atoms with van der Waals surface area (Å²) in [6.45, 7) is 0.279. The van der Waals surface area contributed by atoms with Crippen LogP contribution in [0.3, 0.4) is 0 Å². The van der Waals surface area contributed by atoms with E-state index >= 15 is 0 Å². The van der Waals surface area contributed by atoms with E-state index in [4.69, 9.17) is 9.84 Å². The lowest BCUT2D eigenvalue weighted by Gasteiger charge is -2.11. The van der Waals surface area contributed by atoms with Gasteiger partial charge in [0.15, 0.2) is 0 Å². The molecule has 0 saturated heterocycles. The van der Waals surface area contributed by atoms with Crippen LogP contribution in [-0.4, -0.2) is 42.6 Å². The summed E-state index contributed by atoms with van der Waals surface area (Å²) >= 11 is 3.33. The van der Waals surface area contributed by atoms with Crippen LogP contribution in [0.1, 0.15) is 12.0 Å². The third-order valence-electron chi connectivity index (χ3n) is 2.46. The third kappa shape index (κ3) is 5.44. The zero-order chi connectivity index (χ0) is 15.1. The van der Waals surface area contributed by atoms with Crippen LogP contribution in [0.5, 0.6) is 5.75 Å². The second kappa shape index (κ2) is 7.69. The van der Waals surface area contributed by atoms with Crippen molar-refractivity contribution in [3.8, 4) is 5.75 Å². The van der Waals surface area contributed by atoms with Crippen LogP contribution in [0.15, 0.2) is 28.7 Å². The maximum absolute atomic E-state index is 11.4. The SMILES string of the molecule is CN(C)C(=O)CCOc1ccc(Br)c(/C=C/C(=O)O)c1. The fourth-order valence-corrected chi connectivity index (χ4v) is 1.76. The average Bonchev–Trinajstić information content (AvgIpc) is 2.38. The molecule has 0 heterocycles. The van der Waals surface area contributed by atoms with E-state index in [1.165, 1.54) is 11.0 Å². The Bertz CT molecular complexity index is 526. The maximum Gasteiger partial charge on any atom is 0.328 e. The lowest BCUT2D eigenvalue weighted by atomic mass is 10.2. The smallest absolute Gasteiger partial charge is 0.328 e. The van der Waals surface area contributed by atoms with Crippen LogP contribution >= 0.6 is 15.9 Å². The minimum atomic E-state index is -1.01. The molecule has 1 aromatic rings. The summed E-state index contributed by atoms with van der Waals surface area (Å²) in [6.07, 6.45) is 2.83. The van der Waals surface area contributed by atoms with Gasteiger partial charge in [0.05, 0.1) is 13.0 Å². The number of hydrogen-bond donors (Lipinski definition) is 1. The molecule has 0 aliphatic carbocycles. The van der Waals surface area contributed by atoms with Crippen LogP contribution in [0.4, 0.5) is 0 Å². The van der Waals surface area contributed by atoms with E-state index in [1.54, 1.807) is 32.3 Å². The highest BCUT2D eigenvalue weighted by molar-refractivity contribution is 9.10. The Labute approximate surface area is 126 Å². The quantitative estimate of drug-likeness (QED) is 0.807. The summed E-state index contributed by atoms with van der Waals surface area (Å²) in [4.78, 5) is 23.4. The molecule has 0 aliphatic heterocycles. The van der Waals surface area contributed by atoms with Crippen molar-refractivity contribution in [1.82, 2.24) is 4.90 Å². The number of ether oxygens (including phenoxy) is 1. The summed E-state index contributed by atoms with van der Waals surface area (Å²) in [7, 11) is 3.38. The number of nitrogens with zero attached hydrogens (tertiary/aromatic N) is 1. The second-order valence-corrected chi connectivity index (χ2v) is 5.10. The van der Waals surface area contributed by atoms with Crippen molar-refractivity contribution in [1.29, 1.82) is 0 Å². The molecule has 20 heavy (non-hydrogen) atoms. The lowest BCUT2D eigenvalue weighted by molar-refractivity contribution is -0.131. The van der Waals surface area contributed by atoms with E-state index in [1.807, 2.05) is 0 Å². The van der Waals surface area contributed by atoms with Crippen LogP contribution in [0.2, 0.25) is 0 Å². The highest BCUT2D eigenvalue weighted by Gasteiger charge is 2.05. The van der Waals surface area contributed by atoms with Gasteiger partial charge in [0.25, 0.3) is 0 Å². The van der Waals surface area contributed by atoms with Crippen molar-refractivity contribution in [2.75, 3.05) is 20.7 Å². The number of carboxylic acid groups (broad SMARTS) is 1. The van der Waals surface area contributed by atoms with Gasteiger partial charge in [-0.05, 0) is 29.8 Å². The summed E-state index contributed by atoms with van der Waals surface area (Å²) in [5, 5.41) is 8.61. The van der Waals surface area contributed by atoms with Gasteiger partial charge < -0.3 is 14.7 Å². The molecule has 0 aliphatic rings. The van der Waals surface area contributed by atoms with Crippen molar-refractivity contribution in [3.05, 3.63) is 34.3 Å². The molecule has 1 amide bonds. The van der Waals surface area contributed by atoms with Crippen LogP contribution in [-0.2, 0) is 9.59 Å². The van der Waals surface area contributed by atoms with E-state index < -0.39 is 5.97 Å². The fraction of sp³-hybridized carbons (Fsp3) is 0.286. The molecule has 0 aromatic heterocycles. The zero-order valence-corrected chi connectivity index (χ0v) is 12.9. The predicted octanol–water partition coefficient (Wildman–Crippen LogP) is 2.40. The van der Waals surface area contributed by atoms with E-state index in [-0.39, 0.29) is 12.5 Å². The number of hydrogen-bond acceptors (Lipinski definition) is 3. The van der Waals surface area contributed by atoms with E-state index in [0.29, 0.717) is 17.7 Å². The van der Waals surface area contributed by atoms with Gasteiger partial charge in [-0.3, -0.25) is 4.79 Å².